The maximum Gasteiger partial charge on any atom is 0.222 e. The molecule has 3 rings (SSSR count). The van der Waals surface area contributed by atoms with E-state index >= 15 is 0 Å². The first-order valence-corrected chi connectivity index (χ1v) is 7.45. The first kappa shape index (κ1) is 14.9. The summed E-state index contributed by atoms with van der Waals surface area (Å²) in [6.45, 7) is 0. The van der Waals surface area contributed by atoms with E-state index in [-0.39, 0.29) is 5.41 Å². The lowest BCUT2D eigenvalue weighted by Gasteiger charge is -2.46. The van der Waals surface area contributed by atoms with Crippen molar-refractivity contribution < 1.29 is 5.21 Å². The van der Waals surface area contributed by atoms with Gasteiger partial charge in [-0.15, -0.1) is 0 Å². The highest BCUT2D eigenvalue weighted by atomic mass is 16.5. The van der Waals surface area contributed by atoms with Crippen LogP contribution in [0.25, 0.3) is 11.1 Å². The van der Waals surface area contributed by atoms with Gasteiger partial charge in [0.2, 0.25) is 5.95 Å². The van der Waals surface area contributed by atoms with E-state index in [2.05, 4.69) is 45.0 Å². The van der Waals surface area contributed by atoms with Crippen molar-refractivity contribution in [1.82, 2.24) is 15.4 Å². The van der Waals surface area contributed by atoms with Crippen molar-refractivity contribution in [3.63, 3.8) is 0 Å². The third-order valence-electron chi connectivity index (χ3n) is 4.65. The van der Waals surface area contributed by atoms with Gasteiger partial charge in [0.05, 0.1) is 6.17 Å². The maximum absolute atomic E-state index is 9.18. The Bertz CT molecular complexity index is 622. The number of hydrogen-bond donors (Lipinski definition) is 4. The molecule has 1 saturated carbocycles. The van der Waals surface area contributed by atoms with Gasteiger partial charge in [-0.05, 0) is 24.0 Å². The SMILES string of the molecule is CNc1ncc(-c2ccc(C3(C(N)NO)CCC3)cc2)cn1. The second-order valence-electron chi connectivity index (χ2n) is 5.74. The molecule has 1 aliphatic carbocycles. The van der Waals surface area contributed by atoms with Gasteiger partial charge in [0.15, 0.2) is 0 Å². The molecule has 0 saturated heterocycles. The maximum atomic E-state index is 9.18. The lowest BCUT2D eigenvalue weighted by molar-refractivity contribution is 0.0508. The van der Waals surface area contributed by atoms with Crippen molar-refractivity contribution in [2.75, 3.05) is 12.4 Å². The minimum atomic E-state index is -0.439. The van der Waals surface area contributed by atoms with Gasteiger partial charge in [-0.3, -0.25) is 0 Å². The van der Waals surface area contributed by atoms with Gasteiger partial charge in [-0.2, -0.15) is 5.48 Å². The fourth-order valence-electron chi connectivity index (χ4n) is 3.06. The van der Waals surface area contributed by atoms with Crippen LogP contribution < -0.4 is 16.5 Å². The highest BCUT2D eigenvalue weighted by Gasteiger charge is 2.43. The molecule has 22 heavy (non-hydrogen) atoms. The number of hydrogen-bond acceptors (Lipinski definition) is 6. The molecule has 0 radical (unpaired) electrons. The van der Waals surface area contributed by atoms with E-state index in [1.165, 1.54) is 0 Å². The molecule has 1 aromatic heterocycles. The first-order valence-electron chi connectivity index (χ1n) is 7.45. The molecule has 6 nitrogen and oxygen atoms in total. The molecule has 2 aromatic rings. The van der Waals surface area contributed by atoms with Crippen LogP contribution in [0.4, 0.5) is 5.95 Å². The standard InChI is InChI=1S/C16H21N5O/c1-18-15-19-9-12(10-20-15)11-3-5-13(6-4-11)16(7-2-8-16)14(17)21-22/h3-6,9-10,14,21-22H,2,7-8,17H2,1H3,(H,18,19,20). The molecule has 5 N–H and O–H groups in total. The zero-order valence-corrected chi connectivity index (χ0v) is 12.6. The summed E-state index contributed by atoms with van der Waals surface area (Å²) in [7, 11) is 1.79. The molecule has 1 aromatic carbocycles. The van der Waals surface area contributed by atoms with Crippen molar-refractivity contribution >= 4 is 5.95 Å². The van der Waals surface area contributed by atoms with E-state index in [9.17, 15) is 5.21 Å². The van der Waals surface area contributed by atoms with Crippen molar-refractivity contribution in [3.05, 3.63) is 42.2 Å². The fraction of sp³-hybridized carbons (Fsp3) is 0.375. The van der Waals surface area contributed by atoms with Gasteiger partial charge in [0, 0.05) is 30.4 Å². The van der Waals surface area contributed by atoms with Gasteiger partial charge >= 0.3 is 0 Å². The van der Waals surface area contributed by atoms with Crippen LogP contribution in [0.15, 0.2) is 36.7 Å². The largest absolute Gasteiger partial charge is 0.357 e. The highest BCUT2D eigenvalue weighted by molar-refractivity contribution is 5.62. The Labute approximate surface area is 129 Å². The Morgan fingerprint density at radius 3 is 2.23 bits per heavy atom. The number of nitrogens with zero attached hydrogens (tertiary/aromatic N) is 2. The quantitative estimate of drug-likeness (QED) is 0.497. The number of nitrogens with two attached hydrogens (primary N) is 1. The number of benzene rings is 1. The van der Waals surface area contributed by atoms with E-state index < -0.39 is 6.17 Å². The Hall–Kier alpha value is -2.02. The van der Waals surface area contributed by atoms with Gasteiger partial charge in [0.1, 0.15) is 0 Å². The molecule has 1 atom stereocenters. The Morgan fingerprint density at radius 2 is 1.77 bits per heavy atom. The average molecular weight is 299 g/mol. The number of rotatable bonds is 5. The molecule has 6 heteroatoms. The Morgan fingerprint density at radius 1 is 1.14 bits per heavy atom. The lowest BCUT2D eigenvalue weighted by Crippen LogP contribution is -2.56. The number of hydroxylamine groups is 1. The third-order valence-corrected chi connectivity index (χ3v) is 4.65. The van der Waals surface area contributed by atoms with Crippen LogP contribution in [-0.4, -0.2) is 28.4 Å². The molecule has 1 fully saturated rings. The second-order valence-corrected chi connectivity index (χ2v) is 5.74. The van der Waals surface area contributed by atoms with Crippen LogP contribution in [0.1, 0.15) is 24.8 Å². The van der Waals surface area contributed by atoms with Crippen molar-refractivity contribution in [2.45, 2.75) is 30.8 Å². The predicted octanol–water partition coefficient (Wildman–Crippen LogP) is 1.87. The molecule has 1 unspecified atom stereocenters. The smallest absolute Gasteiger partial charge is 0.222 e. The monoisotopic (exact) mass is 299 g/mol. The molecule has 1 aliphatic rings. The molecule has 0 aliphatic heterocycles. The normalized spacial score (nSPS) is 17.6. The van der Waals surface area contributed by atoms with Gasteiger partial charge in [0.25, 0.3) is 0 Å². The molecular weight excluding hydrogens is 278 g/mol. The van der Waals surface area contributed by atoms with E-state index in [0.717, 1.165) is 36.0 Å². The van der Waals surface area contributed by atoms with E-state index in [0.29, 0.717) is 5.95 Å². The predicted molar refractivity (Wildman–Crippen MR) is 85.4 cm³/mol. The van der Waals surface area contributed by atoms with Gasteiger partial charge < -0.3 is 16.3 Å². The average Bonchev–Trinajstić information content (AvgIpc) is 2.54. The number of anilines is 1. The van der Waals surface area contributed by atoms with E-state index in [4.69, 9.17) is 5.73 Å². The summed E-state index contributed by atoms with van der Waals surface area (Å²) >= 11 is 0. The molecule has 0 amide bonds. The van der Waals surface area contributed by atoms with Gasteiger partial charge in [-0.25, -0.2) is 9.97 Å². The molecule has 0 bridgehead atoms. The number of nitrogens with one attached hydrogen (secondary N) is 2. The minimum absolute atomic E-state index is 0.167. The Kier molecular flexibility index (Phi) is 4.06. The topological polar surface area (TPSA) is 96.1 Å². The lowest BCUT2D eigenvalue weighted by atomic mass is 9.62. The fourth-order valence-corrected chi connectivity index (χ4v) is 3.06. The second kappa shape index (κ2) is 6.00. The zero-order valence-electron chi connectivity index (χ0n) is 12.6. The van der Waals surface area contributed by atoms with Gasteiger partial charge in [-0.1, -0.05) is 30.7 Å². The summed E-state index contributed by atoms with van der Waals surface area (Å²) in [4.78, 5) is 8.46. The van der Waals surface area contributed by atoms with Crippen LogP contribution in [0.2, 0.25) is 0 Å². The minimum Gasteiger partial charge on any atom is -0.357 e. The zero-order chi connectivity index (χ0) is 15.6. The number of aromatic nitrogens is 2. The first-order chi connectivity index (χ1) is 10.7. The summed E-state index contributed by atoms with van der Waals surface area (Å²) in [5, 5.41) is 12.1. The molecular formula is C16H21N5O. The molecule has 1 heterocycles. The summed E-state index contributed by atoms with van der Waals surface area (Å²) in [5.74, 6) is 0.605. The van der Waals surface area contributed by atoms with Crippen molar-refractivity contribution in [1.29, 1.82) is 0 Å². The van der Waals surface area contributed by atoms with Crippen molar-refractivity contribution in [2.24, 2.45) is 5.73 Å². The van der Waals surface area contributed by atoms with Crippen LogP contribution in [0.5, 0.6) is 0 Å². The highest BCUT2D eigenvalue weighted by Crippen LogP contribution is 2.45. The van der Waals surface area contributed by atoms with Crippen LogP contribution >= 0.6 is 0 Å². The van der Waals surface area contributed by atoms with E-state index in [1.807, 2.05) is 0 Å². The summed E-state index contributed by atoms with van der Waals surface area (Å²) in [5.41, 5.74) is 11.3. The van der Waals surface area contributed by atoms with Crippen LogP contribution in [0, 0.1) is 0 Å². The summed E-state index contributed by atoms with van der Waals surface area (Å²) in [6.07, 6.45) is 6.27. The van der Waals surface area contributed by atoms with Crippen LogP contribution in [-0.2, 0) is 5.41 Å². The Balaban J connectivity index is 1.85. The summed E-state index contributed by atoms with van der Waals surface area (Å²) in [6, 6.07) is 8.27. The van der Waals surface area contributed by atoms with Crippen molar-refractivity contribution in [3.8, 4) is 11.1 Å². The van der Waals surface area contributed by atoms with Crippen LogP contribution in [0.3, 0.4) is 0 Å². The molecule has 0 spiro atoms. The third kappa shape index (κ3) is 2.45. The van der Waals surface area contributed by atoms with E-state index in [1.54, 1.807) is 19.4 Å². The summed E-state index contributed by atoms with van der Waals surface area (Å²) < 4.78 is 0. The molecule has 116 valence electrons.